The first-order chi connectivity index (χ1) is 9.01. The lowest BCUT2D eigenvalue weighted by molar-refractivity contribution is 0.0944. The van der Waals surface area contributed by atoms with Gasteiger partial charge in [0, 0.05) is 11.1 Å². The summed E-state index contributed by atoms with van der Waals surface area (Å²) in [6.45, 7) is 6.05. The van der Waals surface area contributed by atoms with Crippen molar-refractivity contribution in [1.82, 2.24) is 10.3 Å². The van der Waals surface area contributed by atoms with E-state index in [1.807, 2.05) is 26.1 Å². The minimum Gasteiger partial charge on any atom is -0.342 e. The summed E-state index contributed by atoms with van der Waals surface area (Å²) in [6, 6.07) is 1.84. The van der Waals surface area contributed by atoms with E-state index >= 15 is 0 Å². The molecule has 0 aliphatic rings. The smallest absolute Gasteiger partial charge is 0.261 e. The summed E-state index contributed by atoms with van der Waals surface area (Å²) in [5.74, 6) is -0.0421. The molecule has 0 aliphatic carbocycles. The molecular weight excluding hydrogens is 344 g/mol. The van der Waals surface area contributed by atoms with Crippen molar-refractivity contribution >= 4 is 44.5 Å². The van der Waals surface area contributed by atoms with Crippen LogP contribution in [0.15, 0.2) is 16.0 Å². The predicted octanol–water partition coefficient (Wildman–Crippen LogP) is 4.33. The normalized spacial score (nSPS) is 12.4. The van der Waals surface area contributed by atoms with Crippen LogP contribution in [0, 0.1) is 6.92 Å². The number of hydrogen-bond acceptors (Lipinski definition) is 4. The van der Waals surface area contributed by atoms with Crippen LogP contribution in [-0.4, -0.2) is 10.9 Å². The molecule has 0 aromatic carbocycles. The van der Waals surface area contributed by atoms with Gasteiger partial charge in [-0.3, -0.25) is 4.79 Å². The third-order valence-electron chi connectivity index (χ3n) is 2.72. The van der Waals surface area contributed by atoms with Crippen molar-refractivity contribution in [1.29, 1.82) is 0 Å². The van der Waals surface area contributed by atoms with Crippen LogP contribution in [0.1, 0.15) is 45.0 Å². The average Bonchev–Trinajstić information content (AvgIpc) is 2.97. The van der Waals surface area contributed by atoms with Crippen molar-refractivity contribution in [3.05, 3.63) is 36.4 Å². The average molecular weight is 359 g/mol. The van der Waals surface area contributed by atoms with Gasteiger partial charge in [-0.15, -0.1) is 22.7 Å². The maximum Gasteiger partial charge on any atom is 0.261 e. The molecule has 1 N–H and O–H groups in total. The Balaban J connectivity index is 2.06. The SMILES string of the molecule is CCc1cnc(C(C)NC(=O)c2cc(C)c(Br)s2)s1. The monoisotopic (exact) mass is 358 g/mol. The van der Waals surface area contributed by atoms with E-state index in [1.54, 1.807) is 11.3 Å². The third-order valence-corrected chi connectivity index (χ3v) is 6.18. The van der Waals surface area contributed by atoms with E-state index in [0.29, 0.717) is 0 Å². The van der Waals surface area contributed by atoms with Gasteiger partial charge in [0.25, 0.3) is 5.91 Å². The molecule has 2 heterocycles. The van der Waals surface area contributed by atoms with Crippen LogP contribution in [0.25, 0.3) is 0 Å². The molecule has 0 saturated carbocycles. The van der Waals surface area contributed by atoms with Gasteiger partial charge in [-0.1, -0.05) is 6.92 Å². The molecule has 102 valence electrons. The summed E-state index contributed by atoms with van der Waals surface area (Å²) in [5, 5.41) is 3.95. The second-order valence-corrected chi connectivity index (χ2v) is 7.80. The van der Waals surface area contributed by atoms with Gasteiger partial charge in [-0.2, -0.15) is 0 Å². The summed E-state index contributed by atoms with van der Waals surface area (Å²) in [7, 11) is 0. The Kier molecular flexibility index (Phi) is 4.76. The number of nitrogens with zero attached hydrogens (tertiary/aromatic N) is 1. The Morgan fingerprint density at radius 1 is 1.53 bits per heavy atom. The highest BCUT2D eigenvalue weighted by Crippen LogP contribution is 2.28. The van der Waals surface area contributed by atoms with E-state index in [4.69, 9.17) is 0 Å². The number of aryl methyl sites for hydroxylation is 2. The topological polar surface area (TPSA) is 42.0 Å². The Hall–Kier alpha value is -0.720. The zero-order valence-corrected chi connectivity index (χ0v) is 14.2. The van der Waals surface area contributed by atoms with Crippen molar-refractivity contribution in [3.8, 4) is 0 Å². The van der Waals surface area contributed by atoms with Crippen LogP contribution in [0.4, 0.5) is 0 Å². The second-order valence-electron chi connectivity index (χ2n) is 4.28. The molecule has 0 radical (unpaired) electrons. The lowest BCUT2D eigenvalue weighted by atomic mass is 10.3. The zero-order valence-electron chi connectivity index (χ0n) is 11.0. The van der Waals surface area contributed by atoms with E-state index in [0.717, 1.165) is 25.7 Å². The molecule has 1 amide bonds. The number of carbonyl (C=O) groups excluding carboxylic acids is 1. The fraction of sp³-hybridized carbons (Fsp3) is 0.385. The van der Waals surface area contributed by atoms with Gasteiger partial charge >= 0.3 is 0 Å². The third kappa shape index (κ3) is 3.43. The highest BCUT2D eigenvalue weighted by molar-refractivity contribution is 9.11. The highest BCUT2D eigenvalue weighted by Gasteiger charge is 2.16. The number of aromatic nitrogens is 1. The van der Waals surface area contributed by atoms with E-state index in [-0.39, 0.29) is 11.9 Å². The number of thiazole rings is 1. The number of thiophene rings is 1. The van der Waals surface area contributed by atoms with Crippen molar-refractivity contribution < 1.29 is 4.79 Å². The number of amides is 1. The maximum absolute atomic E-state index is 12.1. The van der Waals surface area contributed by atoms with Gasteiger partial charge in [-0.05, 0) is 47.8 Å². The first-order valence-electron chi connectivity index (χ1n) is 6.02. The molecule has 0 fully saturated rings. The van der Waals surface area contributed by atoms with Crippen LogP contribution >= 0.6 is 38.6 Å². The Bertz CT molecular complexity index is 572. The first kappa shape index (κ1) is 14.7. The lowest BCUT2D eigenvalue weighted by Crippen LogP contribution is -2.25. The highest BCUT2D eigenvalue weighted by atomic mass is 79.9. The van der Waals surface area contributed by atoms with E-state index < -0.39 is 0 Å². The summed E-state index contributed by atoms with van der Waals surface area (Å²) < 4.78 is 1.01. The van der Waals surface area contributed by atoms with Crippen molar-refractivity contribution in [3.63, 3.8) is 0 Å². The minimum absolute atomic E-state index is 0.0421. The van der Waals surface area contributed by atoms with Crippen molar-refractivity contribution in [2.45, 2.75) is 33.2 Å². The first-order valence-corrected chi connectivity index (χ1v) is 8.45. The predicted molar refractivity (Wildman–Crippen MR) is 84.1 cm³/mol. The van der Waals surface area contributed by atoms with Crippen LogP contribution in [0.2, 0.25) is 0 Å². The van der Waals surface area contributed by atoms with Crippen LogP contribution in [0.5, 0.6) is 0 Å². The molecule has 6 heteroatoms. The molecule has 19 heavy (non-hydrogen) atoms. The van der Waals surface area contributed by atoms with Gasteiger partial charge in [0.1, 0.15) is 5.01 Å². The quantitative estimate of drug-likeness (QED) is 0.883. The number of rotatable bonds is 4. The fourth-order valence-electron chi connectivity index (χ4n) is 1.59. The van der Waals surface area contributed by atoms with Crippen molar-refractivity contribution in [2.75, 3.05) is 0 Å². The van der Waals surface area contributed by atoms with Crippen LogP contribution in [0.3, 0.4) is 0 Å². The van der Waals surface area contributed by atoms with Gasteiger partial charge in [0.15, 0.2) is 0 Å². The molecule has 0 spiro atoms. The summed E-state index contributed by atoms with van der Waals surface area (Å²) >= 11 is 6.55. The van der Waals surface area contributed by atoms with Gasteiger partial charge in [0.05, 0.1) is 14.7 Å². The van der Waals surface area contributed by atoms with E-state index in [2.05, 4.69) is 33.2 Å². The molecular formula is C13H15BrN2OS2. The van der Waals surface area contributed by atoms with E-state index in [9.17, 15) is 4.79 Å². The molecule has 3 nitrogen and oxygen atoms in total. The molecule has 1 atom stereocenters. The fourth-order valence-corrected chi connectivity index (χ4v) is 3.88. The van der Waals surface area contributed by atoms with Crippen LogP contribution in [-0.2, 0) is 6.42 Å². The number of carbonyl (C=O) groups is 1. The Morgan fingerprint density at radius 2 is 2.26 bits per heavy atom. The standard InChI is InChI=1S/C13H15BrN2OS2/c1-4-9-6-15-13(18-9)8(3)16-12(17)10-5-7(2)11(14)19-10/h5-6,8H,4H2,1-3H3,(H,16,17). The summed E-state index contributed by atoms with van der Waals surface area (Å²) in [6.07, 6.45) is 2.87. The Morgan fingerprint density at radius 3 is 2.79 bits per heavy atom. The molecule has 0 saturated heterocycles. The van der Waals surface area contributed by atoms with Gasteiger partial charge < -0.3 is 5.32 Å². The maximum atomic E-state index is 12.1. The van der Waals surface area contributed by atoms with Crippen LogP contribution < -0.4 is 5.32 Å². The number of hydrogen-bond donors (Lipinski definition) is 1. The molecule has 2 rings (SSSR count). The molecule has 2 aromatic rings. The summed E-state index contributed by atoms with van der Waals surface area (Å²) in [5.41, 5.74) is 1.09. The minimum atomic E-state index is -0.0565. The lowest BCUT2D eigenvalue weighted by Gasteiger charge is -2.09. The molecule has 1 unspecified atom stereocenters. The number of nitrogens with one attached hydrogen (secondary N) is 1. The van der Waals surface area contributed by atoms with Crippen molar-refractivity contribution in [2.24, 2.45) is 0 Å². The molecule has 0 aliphatic heterocycles. The molecule has 0 bridgehead atoms. The molecule has 2 aromatic heterocycles. The Labute approximate surface area is 129 Å². The van der Waals surface area contributed by atoms with E-state index in [1.165, 1.54) is 16.2 Å². The number of halogens is 1. The zero-order chi connectivity index (χ0) is 14.0. The van der Waals surface area contributed by atoms with Gasteiger partial charge in [-0.25, -0.2) is 4.98 Å². The van der Waals surface area contributed by atoms with Gasteiger partial charge in [0.2, 0.25) is 0 Å². The summed E-state index contributed by atoms with van der Waals surface area (Å²) in [4.78, 5) is 18.4. The largest absolute Gasteiger partial charge is 0.342 e. The second kappa shape index (κ2) is 6.15.